The van der Waals surface area contributed by atoms with Gasteiger partial charge in [-0.05, 0) is 46.1 Å². The molecule has 1 atom stereocenters. The summed E-state index contributed by atoms with van der Waals surface area (Å²) in [5.74, 6) is 0.297. The van der Waals surface area contributed by atoms with Gasteiger partial charge < -0.3 is 10.6 Å². The van der Waals surface area contributed by atoms with Crippen LogP contribution in [0, 0.1) is 0 Å². The molecule has 2 heterocycles. The molecule has 104 valence electrons. The normalized spacial score (nSPS) is 25.6. The van der Waals surface area contributed by atoms with Crippen molar-refractivity contribution in [2.45, 2.75) is 57.5 Å². The summed E-state index contributed by atoms with van der Waals surface area (Å²) in [6.45, 7) is 8.09. The van der Waals surface area contributed by atoms with Crippen molar-refractivity contribution in [3.63, 3.8) is 0 Å². The third-order valence-corrected chi connectivity index (χ3v) is 4.55. The van der Waals surface area contributed by atoms with Crippen LogP contribution in [0.4, 0.5) is 0 Å². The maximum atomic E-state index is 12.2. The van der Waals surface area contributed by atoms with Gasteiger partial charge in [0, 0.05) is 37.6 Å². The maximum Gasteiger partial charge on any atom is 0.224 e. The van der Waals surface area contributed by atoms with Gasteiger partial charge in [-0.25, -0.2) is 0 Å². The Balaban J connectivity index is 1.94. The largest absolute Gasteiger partial charge is 0.343 e. The lowest BCUT2D eigenvalue weighted by Gasteiger charge is -2.38. The van der Waals surface area contributed by atoms with Crippen molar-refractivity contribution in [1.29, 1.82) is 0 Å². The Hall–Kier alpha value is -0.610. The molecule has 2 aliphatic rings. The monoisotopic (exact) mass is 253 g/mol. The first kappa shape index (κ1) is 13.8. The van der Waals surface area contributed by atoms with Crippen molar-refractivity contribution in [1.82, 2.24) is 9.80 Å². The average molecular weight is 253 g/mol. The highest BCUT2D eigenvalue weighted by atomic mass is 16.2. The van der Waals surface area contributed by atoms with E-state index in [4.69, 9.17) is 5.73 Å². The summed E-state index contributed by atoms with van der Waals surface area (Å²) in [5, 5.41) is 0. The summed E-state index contributed by atoms with van der Waals surface area (Å²) in [4.78, 5) is 16.7. The van der Waals surface area contributed by atoms with Crippen LogP contribution in [-0.4, -0.2) is 53.5 Å². The highest BCUT2D eigenvalue weighted by molar-refractivity contribution is 5.77. The van der Waals surface area contributed by atoms with Crippen LogP contribution >= 0.6 is 0 Å². The Bertz CT molecular complexity index is 297. The predicted octanol–water partition coefficient (Wildman–Crippen LogP) is 1.20. The molecule has 2 rings (SSSR count). The number of nitrogens with two attached hydrogens (primary N) is 1. The molecule has 0 radical (unpaired) electrons. The van der Waals surface area contributed by atoms with Crippen molar-refractivity contribution in [2.75, 3.05) is 26.2 Å². The van der Waals surface area contributed by atoms with Crippen LogP contribution in [0.15, 0.2) is 0 Å². The summed E-state index contributed by atoms with van der Waals surface area (Å²) >= 11 is 0. The summed E-state index contributed by atoms with van der Waals surface area (Å²) in [6, 6.07) is 0.218. The van der Waals surface area contributed by atoms with Gasteiger partial charge in [-0.1, -0.05) is 0 Å². The molecule has 2 fully saturated rings. The van der Waals surface area contributed by atoms with Crippen molar-refractivity contribution in [3.8, 4) is 0 Å². The summed E-state index contributed by atoms with van der Waals surface area (Å²) in [6.07, 6.45) is 5.35. The standard InChI is InChI=1S/C14H27N3O/c1-14(2)6-5-9-17(14)12(11-15)10-13(18)16-7-3-4-8-16/h12H,3-11,15H2,1-2H3. The molecule has 1 unspecified atom stereocenters. The molecule has 2 N–H and O–H groups in total. The van der Waals surface area contributed by atoms with Crippen LogP contribution < -0.4 is 5.73 Å². The summed E-state index contributed by atoms with van der Waals surface area (Å²) in [7, 11) is 0. The number of nitrogens with zero attached hydrogens (tertiary/aromatic N) is 2. The van der Waals surface area contributed by atoms with Gasteiger partial charge in [0.1, 0.15) is 0 Å². The molecule has 0 aromatic rings. The fourth-order valence-electron chi connectivity index (χ4n) is 3.42. The molecule has 0 bridgehead atoms. The quantitative estimate of drug-likeness (QED) is 0.819. The number of carbonyl (C=O) groups is 1. The second-order valence-electron chi connectivity index (χ2n) is 6.29. The second kappa shape index (κ2) is 5.57. The van der Waals surface area contributed by atoms with Crippen molar-refractivity contribution in [3.05, 3.63) is 0 Å². The maximum absolute atomic E-state index is 12.2. The van der Waals surface area contributed by atoms with E-state index in [1.165, 1.54) is 12.8 Å². The Kier molecular flexibility index (Phi) is 4.28. The zero-order chi connectivity index (χ0) is 13.2. The summed E-state index contributed by atoms with van der Waals surface area (Å²) in [5.41, 5.74) is 6.11. The molecule has 18 heavy (non-hydrogen) atoms. The molecule has 2 saturated heterocycles. The van der Waals surface area contributed by atoms with Gasteiger partial charge in [0.05, 0.1) is 0 Å². The van der Waals surface area contributed by atoms with Gasteiger partial charge in [0.15, 0.2) is 0 Å². The van der Waals surface area contributed by atoms with E-state index in [1.807, 2.05) is 4.90 Å². The lowest BCUT2D eigenvalue weighted by Crippen LogP contribution is -2.50. The Morgan fingerprint density at radius 3 is 2.39 bits per heavy atom. The molecule has 1 amide bonds. The van der Waals surface area contributed by atoms with E-state index in [-0.39, 0.29) is 11.6 Å². The molecular formula is C14H27N3O. The Morgan fingerprint density at radius 2 is 1.89 bits per heavy atom. The molecule has 0 spiro atoms. The second-order valence-corrected chi connectivity index (χ2v) is 6.29. The van der Waals surface area contributed by atoms with E-state index in [0.717, 1.165) is 32.5 Å². The number of amides is 1. The number of hydrogen-bond donors (Lipinski definition) is 1. The van der Waals surface area contributed by atoms with Crippen LogP contribution in [0.25, 0.3) is 0 Å². The highest BCUT2D eigenvalue weighted by Gasteiger charge is 2.37. The van der Waals surface area contributed by atoms with Gasteiger partial charge in [0.2, 0.25) is 5.91 Å². The van der Waals surface area contributed by atoms with Gasteiger partial charge in [-0.3, -0.25) is 9.69 Å². The lowest BCUT2D eigenvalue weighted by atomic mass is 9.99. The van der Waals surface area contributed by atoms with Gasteiger partial charge in [0.25, 0.3) is 0 Å². The molecule has 0 saturated carbocycles. The highest BCUT2D eigenvalue weighted by Crippen LogP contribution is 2.31. The average Bonchev–Trinajstić information content (AvgIpc) is 2.95. The fraction of sp³-hybridized carbons (Fsp3) is 0.929. The first-order valence-electron chi connectivity index (χ1n) is 7.29. The van der Waals surface area contributed by atoms with Gasteiger partial charge >= 0.3 is 0 Å². The number of hydrogen-bond acceptors (Lipinski definition) is 3. The van der Waals surface area contributed by atoms with E-state index in [9.17, 15) is 4.79 Å². The third kappa shape index (κ3) is 2.86. The van der Waals surface area contributed by atoms with E-state index in [1.54, 1.807) is 0 Å². The molecule has 2 aliphatic heterocycles. The van der Waals surface area contributed by atoms with E-state index in [2.05, 4.69) is 18.7 Å². The van der Waals surface area contributed by atoms with Gasteiger partial charge in [-0.2, -0.15) is 0 Å². The van der Waals surface area contributed by atoms with Crippen molar-refractivity contribution in [2.24, 2.45) is 5.73 Å². The minimum atomic E-state index is 0.204. The summed E-state index contributed by atoms with van der Waals surface area (Å²) < 4.78 is 0. The first-order chi connectivity index (χ1) is 8.54. The molecule has 0 aromatic carbocycles. The molecular weight excluding hydrogens is 226 g/mol. The van der Waals surface area contributed by atoms with Crippen LogP contribution in [0.2, 0.25) is 0 Å². The van der Waals surface area contributed by atoms with E-state index < -0.39 is 0 Å². The Labute approximate surface area is 110 Å². The van der Waals surface area contributed by atoms with Crippen LogP contribution in [-0.2, 0) is 4.79 Å². The molecule has 0 aromatic heterocycles. The van der Waals surface area contributed by atoms with Crippen LogP contribution in [0.1, 0.15) is 46.0 Å². The molecule has 4 heteroatoms. The fourth-order valence-corrected chi connectivity index (χ4v) is 3.42. The van der Waals surface area contributed by atoms with Crippen LogP contribution in [0.5, 0.6) is 0 Å². The van der Waals surface area contributed by atoms with Crippen LogP contribution in [0.3, 0.4) is 0 Å². The smallest absolute Gasteiger partial charge is 0.224 e. The first-order valence-corrected chi connectivity index (χ1v) is 7.29. The molecule has 4 nitrogen and oxygen atoms in total. The third-order valence-electron chi connectivity index (χ3n) is 4.55. The predicted molar refractivity (Wildman–Crippen MR) is 73.3 cm³/mol. The molecule has 0 aliphatic carbocycles. The zero-order valence-corrected chi connectivity index (χ0v) is 11.8. The minimum absolute atomic E-state index is 0.204. The SMILES string of the molecule is CC1(C)CCCN1C(CN)CC(=O)N1CCCC1. The zero-order valence-electron chi connectivity index (χ0n) is 11.8. The van der Waals surface area contributed by atoms with E-state index >= 15 is 0 Å². The van der Waals surface area contributed by atoms with Crippen molar-refractivity contribution < 1.29 is 4.79 Å². The van der Waals surface area contributed by atoms with E-state index in [0.29, 0.717) is 18.9 Å². The number of carbonyl (C=O) groups excluding carboxylic acids is 1. The number of likely N-dealkylation sites (tertiary alicyclic amines) is 2. The minimum Gasteiger partial charge on any atom is -0.343 e. The lowest BCUT2D eigenvalue weighted by molar-refractivity contribution is -0.131. The van der Waals surface area contributed by atoms with Gasteiger partial charge in [-0.15, -0.1) is 0 Å². The topological polar surface area (TPSA) is 49.6 Å². The van der Waals surface area contributed by atoms with Crippen molar-refractivity contribution >= 4 is 5.91 Å². The number of rotatable bonds is 4. The Morgan fingerprint density at radius 1 is 1.22 bits per heavy atom.